The number of nitrogens with two attached hydrogens (primary N) is 1. The van der Waals surface area contributed by atoms with Gasteiger partial charge >= 0.3 is 0 Å². The summed E-state index contributed by atoms with van der Waals surface area (Å²) in [5, 5.41) is 4.02. The number of anilines is 2. The number of nitrogen functional groups attached to an aromatic ring is 1. The average molecular weight is 329 g/mol. The molecule has 0 atom stereocenters. The zero-order chi connectivity index (χ0) is 16.9. The molecule has 0 aliphatic rings. The number of halogens is 1. The molecule has 122 valence electrons. The van der Waals surface area contributed by atoms with Gasteiger partial charge in [0, 0.05) is 22.9 Å². The Labute approximate surface area is 144 Å². The molecular weight excluding hydrogens is 304 g/mol. The van der Waals surface area contributed by atoms with E-state index in [1.807, 2.05) is 18.2 Å². The number of hydrogen-bond donors (Lipinski definition) is 2. The van der Waals surface area contributed by atoms with Crippen molar-refractivity contribution in [3.63, 3.8) is 0 Å². The zero-order valence-electron chi connectivity index (χ0n) is 14.1. The lowest BCUT2D eigenvalue weighted by Gasteiger charge is -2.25. The topological polar surface area (TPSA) is 38.0 Å². The minimum absolute atomic E-state index is 0.0603. The van der Waals surface area contributed by atoms with Crippen LogP contribution in [0.25, 0.3) is 6.08 Å². The normalized spacial score (nSPS) is 11.8. The zero-order valence-corrected chi connectivity index (χ0v) is 14.8. The molecule has 2 rings (SSSR count). The van der Waals surface area contributed by atoms with Crippen molar-refractivity contribution in [1.82, 2.24) is 0 Å². The molecule has 2 aromatic rings. The minimum atomic E-state index is -0.0603. The molecule has 3 heteroatoms. The Morgan fingerprint density at radius 3 is 2.48 bits per heavy atom. The first kappa shape index (κ1) is 17.4. The van der Waals surface area contributed by atoms with Crippen molar-refractivity contribution in [2.75, 3.05) is 17.6 Å². The summed E-state index contributed by atoms with van der Waals surface area (Å²) >= 11 is 6.11. The molecule has 0 amide bonds. The van der Waals surface area contributed by atoms with Gasteiger partial charge in [-0.2, -0.15) is 0 Å². The van der Waals surface area contributed by atoms with Gasteiger partial charge in [0.15, 0.2) is 0 Å². The molecule has 2 aromatic carbocycles. The molecule has 3 N–H and O–H groups in total. The summed E-state index contributed by atoms with van der Waals surface area (Å²) in [6, 6.07) is 14.1. The molecule has 2 nitrogen and oxygen atoms in total. The number of allylic oxidation sites excluding steroid dienone is 1. The molecule has 0 bridgehead atoms. The standard InChI is InChI=1S/C20H25ClN2/c1-4-23-17-10-7-15(8-11-17)6-5-13-20(2,3)18-14-16(21)9-12-19(18)22/h5-12,14,23H,4,13,22H2,1-3H3/b6-5+. The second kappa shape index (κ2) is 7.56. The van der Waals surface area contributed by atoms with E-state index in [1.54, 1.807) is 0 Å². The third kappa shape index (κ3) is 4.77. The summed E-state index contributed by atoms with van der Waals surface area (Å²) in [7, 11) is 0. The van der Waals surface area contributed by atoms with Crippen LogP contribution < -0.4 is 11.1 Å². The van der Waals surface area contributed by atoms with Crippen LogP contribution in [-0.4, -0.2) is 6.54 Å². The van der Waals surface area contributed by atoms with E-state index in [-0.39, 0.29) is 5.41 Å². The smallest absolute Gasteiger partial charge is 0.0410 e. The van der Waals surface area contributed by atoms with Gasteiger partial charge in [-0.15, -0.1) is 0 Å². The summed E-state index contributed by atoms with van der Waals surface area (Å²) in [5.41, 5.74) is 10.3. The Morgan fingerprint density at radius 1 is 1.13 bits per heavy atom. The predicted molar refractivity (Wildman–Crippen MR) is 103 cm³/mol. The Hall–Kier alpha value is -1.93. The van der Waals surface area contributed by atoms with Gasteiger partial charge in [0.05, 0.1) is 0 Å². The molecule has 0 spiro atoms. The first-order valence-electron chi connectivity index (χ1n) is 7.98. The van der Waals surface area contributed by atoms with Crippen molar-refractivity contribution in [3.05, 3.63) is 64.7 Å². The van der Waals surface area contributed by atoms with Crippen molar-refractivity contribution < 1.29 is 0 Å². The third-order valence-electron chi connectivity index (χ3n) is 3.97. The Bertz CT molecular complexity index is 673. The molecular formula is C20H25ClN2. The Kier molecular flexibility index (Phi) is 5.73. The summed E-state index contributed by atoms with van der Waals surface area (Å²) in [6.45, 7) is 7.41. The predicted octanol–water partition coefficient (Wildman–Crippen LogP) is 5.74. The fraction of sp³-hybridized carbons (Fsp3) is 0.300. The van der Waals surface area contributed by atoms with Crippen LogP contribution in [-0.2, 0) is 5.41 Å². The van der Waals surface area contributed by atoms with Crippen molar-refractivity contribution >= 4 is 29.1 Å². The fourth-order valence-electron chi connectivity index (χ4n) is 2.63. The highest BCUT2D eigenvalue weighted by atomic mass is 35.5. The third-order valence-corrected chi connectivity index (χ3v) is 4.21. The van der Waals surface area contributed by atoms with Crippen LogP contribution in [0.4, 0.5) is 11.4 Å². The van der Waals surface area contributed by atoms with Gasteiger partial charge < -0.3 is 11.1 Å². The van der Waals surface area contributed by atoms with Crippen LogP contribution in [0.15, 0.2) is 48.5 Å². The molecule has 0 unspecified atom stereocenters. The first-order chi connectivity index (χ1) is 10.9. The second-order valence-corrected chi connectivity index (χ2v) is 6.81. The number of benzene rings is 2. The summed E-state index contributed by atoms with van der Waals surface area (Å²) in [4.78, 5) is 0. The number of rotatable bonds is 6. The van der Waals surface area contributed by atoms with Gasteiger partial charge in [-0.3, -0.25) is 0 Å². The van der Waals surface area contributed by atoms with E-state index < -0.39 is 0 Å². The monoisotopic (exact) mass is 328 g/mol. The van der Waals surface area contributed by atoms with E-state index in [4.69, 9.17) is 17.3 Å². The van der Waals surface area contributed by atoms with E-state index in [2.05, 4.69) is 62.5 Å². The minimum Gasteiger partial charge on any atom is -0.398 e. The summed E-state index contributed by atoms with van der Waals surface area (Å²) in [5.74, 6) is 0. The highest BCUT2D eigenvalue weighted by Gasteiger charge is 2.21. The van der Waals surface area contributed by atoms with Crippen LogP contribution in [0, 0.1) is 0 Å². The van der Waals surface area contributed by atoms with E-state index >= 15 is 0 Å². The maximum absolute atomic E-state index is 6.11. The molecule has 0 fully saturated rings. The molecule has 0 aliphatic heterocycles. The number of hydrogen-bond acceptors (Lipinski definition) is 2. The van der Waals surface area contributed by atoms with Crippen molar-refractivity contribution in [2.24, 2.45) is 0 Å². The molecule has 23 heavy (non-hydrogen) atoms. The second-order valence-electron chi connectivity index (χ2n) is 6.37. The fourth-order valence-corrected chi connectivity index (χ4v) is 2.80. The molecule has 0 saturated carbocycles. The van der Waals surface area contributed by atoms with Crippen LogP contribution >= 0.6 is 11.6 Å². The molecule has 0 heterocycles. The van der Waals surface area contributed by atoms with Crippen LogP contribution in [0.1, 0.15) is 38.3 Å². The van der Waals surface area contributed by atoms with Gasteiger partial charge in [0.1, 0.15) is 0 Å². The molecule has 0 aromatic heterocycles. The van der Waals surface area contributed by atoms with Gasteiger partial charge in [-0.1, -0.05) is 49.7 Å². The van der Waals surface area contributed by atoms with E-state index in [1.165, 1.54) is 5.56 Å². The Morgan fingerprint density at radius 2 is 1.83 bits per heavy atom. The van der Waals surface area contributed by atoms with Gasteiger partial charge in [-0.25, -0.2) is 0 Å². The van der Waals surface area contributed by atoms with Gasteiger partial charge in [0.2, 0.25) is 0 Å². The van der Waals surface area contributed by atoms with Crippen molar-refractivity contribution in [1.29, 1.82) is 0 Å². The highest BCUT2D eigenvalue weighted by Crippen LogP contribution is 2.33. The van der Waals surface area contributed by atoms with Gasteiger partial charge in [0.25, 0.3) is 0 Å². The van der Waals surface area contributed by atoms with Gasteiger partial charge in [-0.05, 0) is 60.2 Å². The first-order valence-corrected chi connectivity index (χ1v) is 8.36. The molecule has 0 saturated heterocycles. The summed E-state index contributed by atoms with van der Waals surface area (Å²) < 4.78 is 0. The number of nitrogens with one attached hydrogen (secondary N) is 1. The maximum Gasteiger partial charge on any atom is 0.0410 e. The summed E-state index contributed by atoms with van der Waals surface area (Å²) in [6.07, 6.45) is 5.24. The van der Waals surface area contributed by atoms with E-state index in [0.717, 1.165) is 34.9 Å². The van der Waals surface area contributed by atoms with Crippen molar-refractivity contribution in [3.8, 4) is 0 Å². The highest BCUT2D eigenvalue weighted by molar-refractivity contribution is 6.30. The molecule has 0 radical (unpaired) electrons. The molecule has 0 aliphatic carbocycles. The van der Waals surface area contributed by atoms with Crippen molar-refractivity contribution in [2.45, 2.75) is 32.6 Å². The maximum atomic E-state index is 6.11. The van der Waals surface area contributed by atoms with Crippen LogP contribution in [0.5, 0.6) is 0 Å². The lowest BCUT2D eigenvalue weighted by atomic mass is 9.80. The largest absolute Gasteiger partial charge is 0.398 e. The van der Waals surface area contributed by atoms with E-state index in [9.17, 15) is 0 Å². The Balaban J connectivity index is 2.07. The lowest BCUT2D eigenvalue weighted by Crippen LogP contribution is -2.18. The average Bonchev–Trinajstić information content (AvgIpc) is 2.51. The van der Waals surface area contributed by atoms with Crippen LogP contribution in [0.3, 0.4) is 0 Å². The van der Waals surface area contributed by atoms with E-state index in [0.29, 0.717) is 0 Å². The van der Waals surface area contributed by atoms with Crippen LogP contribution in [0.2, 0.25) is 5.02 Å². The lowest BCUT2D eigenvalue weighted by molar-refractivity contribution is 0.537. The quantitative estimate of drug-likeness (QED) is 0.664. The SMILES string of the molecule is CCNc1ccc(/C=C/CC(C)(C)c2cc(Cl)ccc2N)cc1.